The van der Waals surface area contributed by atoms with E-state index < -0.39 is 28.5 Å². The third kappa shape index (κ3) is 4.87. The number of rotatable bonds is 5. The molecule has 0 atom stereocenters. The van der Waals surface area contributed by atoms with Crippen molar-refractivity contribution in [3.05, 3.63) is 57.3 Å². The van der Waals surface area contributed by atoms with Crippen LogP contribution >= 0.6 is 34.8 Å². The molecular formula is C18H16Cl3N3O5S. The molecule has 1 fully saturated rings. The molecule has 3 rings (SSSR count). The molecule has 1 aliphatic rings. The summed E-state index contributed by atoms with van der Waals surface area (Å²) in [7, 11) is -3.62. The summed E-state index contributed by atoms with van der Waals surface area (Å²) in [5.74, 6) is -1.38. The molecule has 0 bridgehead atoms. The highest BCUT2D eigenvalue weighted by Gasteiger charge is 2.30. The first-order valence-electron chi connectivity index (χ1n) is 8.71. The van der Waals surface area contributed by atoms with Crippen molar-refractivity contribution in [3.63, 3.8) is 0 Å². The van der Waals surface area contributed by atoms with Gasteiger partial charge in [-0.15, -0.1) is 0 Å². The number of hydrogen-bond donors (Lipinski definition) is 0. The van der Waals surface area contributed by atoms with E-state index in [1.54, 1.807) is 18.2 Å². The van der Waals surface area contributed by atoms with Gasteiger partial charge < -0.3 is 9.64 Å². The summed E-state index contributed by atoms with van der Waals surface area (Å²) in [5, 5.41) is -0.124. The van der Waals surface area contributed by atoms with Crippen LogP contribution in [0, 0.1) is 0 Å². The monoisotopic (exact) mass is 491 g/mol. The molecule has 1 saturated heterocycles. The normalized spacial score (nSPS) is 15.1. The molecule has 30 heavy (non-hydrogen) atoms. The first kappa shape index (κ1) is 22.8. The molecule has 2 heterocycles. The van der Waals surface area contributed by atoms with Crippen LogP contribution in [-0.4, -0.2) is 67.3 Å². The number of esters is 1. The van der Waals surface area contributed by atoms with Gasteiger partial charge in [0.05, 0.1) is 20.0 Å². The summed E-state index contributed by atoms with van der Waals surface area (Å²) in [6, 6.07) is 8.08. The third-order valence-electron chi connectivity index (χ3n) is 4.41. The lowest BCUT2D eigenvalue weighted by Crippen LogP contribution is -2.51. The summed E-state index contributed by atoms with van der Waals surface area (Å²) in [6.45, 7) is 0.0825. The lowest BCUT2D eigenvalue weighted by molar-refractivity contribution is -0.135. The van der Waals surface area contributed by atoms with Gasteiger partial charge in [0.2, 0.25) is 10.0 Å². The van der Waals surface area contributed by atoms with Gasteiger partial charge in [0.25, 0.3) is 5.91 Å². The maximum absolute atomic E-state index is 12.6. The minimum Gasteiger partial charge on any atom is -0.451 e. The number of pyridine rings is 1. The topological polar surface area (TPSA) is 96.9 Å². The van der Waals surface area contributed by atoms with Crippen molar-refractivity contribution in [2.75, 3.05) is 32.8 Å². The molecule has 0 aliphatic carbocycles. The van der Waals surface area contributed by atoms with Crippen LogP contribution in [0.5, 0.6) is 0 Å². The lowest BCUT2D eigenvalue weighted by atomic mass is 10.3. The standard InChI is InChI=1S/C18H16Cl3N3O5S/c19-13-10-22-17(16(21)15(13)20)18(26)29-11-14(25)23-6-8-24(9-7-23)30(27,28)12-4-2-1-3-5-12/h1-5,10H,6-9,11H2. The smallest absolute Gasteiger partial charge is 0.359 e. The fourth-order valence-corrected chi connectivity index (χ4v) is 4.79. The quantitative estimate of drug-likeness (QED) is 0.596. The van der Waals surface area contributed by atoms with E-state index in [1.807, 2.05) is 0 Å². The van der Waals surface area contributed by atoms with Crippen molar-refractivity contribution in [3.8, 4) is 0 Å². The minimum absolute atomic E-state index is 0.0395. The Bertz CT molecular complexity index is 1060. The van der Waals surface area contributed by atoms with E-state index in [-0.39, 0.29) is 51.8 Å². The van der Waals surface area contributed by atoms with Gasteiger partial charge in [0.15, 0.2) is 12.3 Å². The molecule has 12 heteroatoms. The molecule has 1 amide bonds. The molecule has 0 N–H and O–H groups in total. The molecule has 0 saturated carbocycles. The SMILES string of the molecule is O=C(OCC(=O)N1CCN(S(=O)(=O)c2ccccc2)CC1)c1ncc(Cl)c(Cl)c1Cl. The van der Waals surface area contributed by atoms with E-state index in [0.29, 0.717) is 0 Å². The Morgan fingerprint density at radius 2 is 1.63 bits per heavy atom. The second-order valence-corrected chi connectivity index (χ2v) is 9.36. The van der Waals surface area contributed by atoms with Crippen LogP contribution in [0.3, 0.4) is 0 Å². The zero-order valence-corrected chi connectivity index (χ0v) is 18.5. The average molecular weight is 493 g/mol. The number of piperazine rings is 1. The summed E-state index contributed by atoms with van der Waals surface area (Å²) < 4.78 is 31.6. The highest BCUT2D eigenvalue weighted by atomic mass is 35.5. The van der Waals surface area contributed by atoms with E-state index in [2.05, 4.69) is 4.98 Å². The number of carbonyl (C=O) groups excluding carboxylic acids is 2. The third-order valence-corrected chi connectivity index (χ3v) is 7.56. The summed E-state index contributed by atoms with van der Waals surface area (Å²) in [4.78, 5) is 29.9. The number of ether oxygens (including phenoxy) is 1. The van der Waals surface area contributed by atoms with Gasteiger partial charge in [-0.05, 0) is 12.1 Å². The van der Waals surface area contributed by atoms with Crippen molar-refractivity contribution in [1.82, 2.24) is 14.2 Å². The van der Waals surface area contributed by atoms with Crippen molar-refractivity contribution >= 4 is 56.7 Å². The van der Waals surface area contributed by atoms with Crippen molar-refractivity contribution < 1.29 is 22.7 Å². The Hall–Kier alpha value is -1.91. The van der Waals surface area contributed by atoms with E-state index in [1.165, 1.54) is 21.3 Å². The Labute approximate surface area is 188 Å². The Morgan fingerprint density at radius 1 is 1.00 bits per heavy atom. The highest BCUT2D eigenvalue weighted by molar-refractivity contribution is 7.89. The molecule has 160 valence electrons. The van der Waals surface area contributed by atoms with Crippen LogP contribution in [0.2, 0.25) is 15.1 Å². The molecule has 0 unspecified atom stereocenters. The van der Waals surface area contributed by atoms with Crippen LogP contribution in [-0.2, 0) is 19.6 Å². The van der Waals surface area contributed by atoms with Gasteiger partial charge in [-0.2, -0.15) is 4.31 Å². The molecule has 0 radical (unpaired) electrons. The van der Waals surface area contributed by atoms with Gasteiger partial charge in [-0.25, -0.2) is 18.2 Å². The van der Waals surface area contributed by atoms with Gasteiger partial charge in [0, 0.05) is 32.4 Å². The Kier molecular flexibility index (Phi) is 7.20. The Balaban J connectivity index is 1.55. The number of hydrogen-bond acceptors (Lipinski definition) is 6. The number of nitrogens with zero attached hydrogens (tertiary/aromatic N) is 3. The number of benzene rings is 1. The second kappa shape index (κ2) is 9.49. The number of halogens is 3. The highest BCUT2D eigenvalue weighted by Crippen LogP contribution is 2.31. The molecule has 0 spiro atoms. The fraction of sp³-hybridized carbons (Fsp3) is 0.278. The number of aromatic nitrogens is 1. The van der Waals surface area contributed by atoms with E-state index in [4.69, 9.17) is 39.5 Å². The molecular weight excluding hydrogens is 477 g/mol. The molecule has 1 aromatic heterocycles. The van der Waals surface area contributed by atoms with Gasteiger partial charge in [-0.1, -0.05) is 53.0 Å². The van der Waals surface area contributed by atoms with Crippen LogP contribution in [0.4, 0.5) is 0 Å². The van der Waals surface area contributed by atoms with Gasteiger partial charge in [-0.3, -0.25) is 4.79 Å². The average Bonchev–Trinajstić information content (AvgIpc) is 2.76. The molecule has 1 aliphatic heterocycles. The largest absolute Gasteiger partial charge is 0.451 e. The van der Waals surface area contributed by atoms with E-state index in [0.717, 1.165) is 6.20 Å². The zero-order valence-electron chi connectivity index (χ0n) is 15.4. The van der Waals surface area contributed by atoms with Crippen LogP contribution < -0.4 is 0 Å². The van der Waals surface area contributed by atoms with Crippen molar-refractivity contribution in [1.29, 1.82) is 0 Å². The number of amides is 1. The molecule has 1 aromatic carbocycles. The molecule has 2 aromatic rings. The van der Waals surface area contributed by atoms with Gasteiger partial charge >= 0.3 is 5.97 Å². The summed E-state index contributed by atoms with van der Waals surface area (Å²) >= 11 is 17.6. The van der Waals surface area contributed by atoms with Crippen molar-refractivity contribution in [2.24, 2.45) is 0 Å². The predicted octanol–water partition coefficient (Wildman–Crippen LogP) is 2.73. The van der Waals surface area contributed by atoms with Crippen LogP contribution in [0.1, 0.15) is 10.5 Å². The van der Waals surface area contributed by atoms with Crippen molar-refractivity contribution in [2.45, 2.75) is 4.90 Å². The molecule has 8 nitrogen and oxygen atoms in total. The second-order valence-electron chi connectivity index (χ2n) is 6.26. The lowest BCUT2D eigenvalue weighted by Gasteiger charge is -2.33. The first-order valence-corrected chi connectivity index (χ1v) is 11.3. The first-order chi connectivity index (χ1) is 14.2. The summed E-state index contributed by atoms with van der Waals surface area (Å²) in [5.41, 5.74) is -0.252. The van der Waals surface area contributed by atoms with E-state index >= 15 is 0 Å². The van der Waals surface area contributed by atoms with E-state index in [9.17, 15) is 18.0 Å². The number of sulfonamides is 1. The predicted molar refractivity (Wildman–Crippen MR) is 111 cm³/mol. The zero-order chi connectivity index (χ0) is 21.9. The van der Waals surface area contributed by atoms with Gasteiger partial charge in [0.1, 0.15) is 0 Å². The minimum atomic E-state index is -3.62. The maximum atomic E-state index is 12.6. The maximum Gasteiger partial charge on any atom is 0.359 e. The van der Waals surface area contributed by atoms with Crippen LogP contribution in [0.15, 0.2) is 41.4 Å². The fourth-order valence-electron chi connectivity index (χ4n) is 2.79. The Morgan fingerprint density at radius 3 is 2.27 bits per heavy atom. The summed E-state index contributed by atoms with van der Waals surface area (Å²) in [6.07, 6.45) is 1.15. The van der Waals surface area contributed by atoms with Crippen LogP contribution in [0.25, 0.3) is 0 Å². The number of carbonyl (C=O) groups is 2.